The molecule has 0 unspecified atom stereocenters. The maximum atomic E-state index is 11.6. The Morgan fingerprint density at radius 3 is 2.10 bits per heavy atom. The molecule has 5 nitrogen and oxygen atoms in total. The van der Waals surface area contributed by atoms with Crippen LogP contribution in [0.25, 0.3) is 6.08 Å². The molecular weight excluding hydrogens is 272 g/mol. The summed E-state index contributed by atoms with van der Waals surface area (Å²) >= 11 is 0. The molecular formula is C16H22O5. The minimum absolute atomic E-state index is 0.299. The Hall–Kier alpha value is -2.17. The molecule has 0 saturated heterocycles. The van der Waals surface area contributed by atoms with E-state index in [0.717, 1.165) is 0 Å². The van der Waals surface area contributed by atoms with Crippen molar-refractivity contribution in [2.24, 2.45) is 5.92 Å². The highest BCUT2D eigenvalue weighted by molar-refractivity contribution is 5.88. The Morgan fingerprint density at radius 1 is 1.10 bits per heavy atom. The molecule has 1 aromatic carbocycles. The van der Waals surface area contributed by atoms with Crippen LogP contribution in [0.15, 0.2) is 18.2 Å². The van der Waals surface area contributed by atoms with Gasteiger partial charge in [-0.05, 0) is 12.0 Å². The topological polar surface area (TPSA) is 54.0 Å². The number of rotatable bonds is 7. The maximum Gasteiger partial charge on any atom is 0.330 e. The standard InChI is InChI=1S/C16H22O5/c1-11(2)10-21-16(17)7-6-13-14(19-4)8-12(18-3)9-15(13)20-5/h6-9,11H,10H2,1-5H3/b7-6+. The summed E-state index contributed by atoms with van der Waals surface area (Å²) in [6, 6.07) is 3.45. The van der Waals surface area contributed by atoms with E-state index in [2.05, 4.69) is 0 Å². The van der Waals surface area contributed by atoms with Crippen molar-refractivity contribution in [1.29, 1.82) is 0 Å². The molecule has 0 aliphatic heterocycles. The van der Waals surface area contributed by atoms with Crippen molar-refractivity contribution in [3.8, 4) is 17.2 Å². The summed E-state index contributed by atoms with van der Waals surface area (Å²) in [7, 11) is 4.65. The lowest BCUT2D eigenvalue weighted by atomic mass is 10.1. The molecule has 0 saturated carbocycles. The zero-order chi connectivity index (χ0) is 15.8. The third kappa shape index (κ3) is 5.02. The second kappa shape index (κ2) is 8.19. The van der Waals surface area contributed by atoms with E-state index in [1.165, 1.54) is 6.08 Å². The van der Waals surface area contributed by atoms with E-state index in [1.807, 2.05) is 13.8 Å². The van der Waals surface area contributed by atoms with Crippen LogP contribution in [0.3, 0.4) is 0 Å². The Labute approximate surface area is 125 Å². The van der Waals surface area contributed by atoms with Gasteiger partial charge in [-0.15, -0.1) is 0 Å². The van der Waals surface area contributed by atoms with Gasteiger partial charge in [0.1, 0.15) is 17.2 Å². The summed E-state index contributed by atoms with van der Waals surface area (Å²) in [6.07, 6.45) is 2.97. The number of carbonyl (C=O) groups is 1. The average Bonchev–Trinajstić information content (AvgIpc) is 2.49. The molecule has 21 heavy (non-hydrogen) atoms. The smallest absolute Gasteiger partial charge is 0.330 e. The van der Waals surface area contributed by atoms with Crippen molar-refractivity contribution in [2.75, 3.05) is 27.9 Å². The van der Waals surface area contributed by atoms with Crippen LogP contribution in [-0.2, 0) is 9.53 Å². The SMILES string of the molecule is COc1cc(OC)c(/C=C/C(=O)OCC(C)C)c(OC)c1. The lowest BCUT2D eigenvalue weighted by molar-refractivity contribution is -0.138. The zero-order valence-corrected chi connectivity index (χ0v) is 13.1. The van der Waals surface area contributed by atoms with Gasteiger partial charge in [-0.1, -0.05) is 13.8 Å². The highest BCUT2D eigenvalue weighted by atomic mass is 16.5. The monoisotopic (exact) mass is 294 g/mol. The first-order valence-corrected chi connectivity index (χ1v) is 6.66. The van der Waals surface area contributed by atoms with Gasteiger partial charge in [0.25, 0.3) is 0 Å². The summed E-state index contributed by atoms with van der Waals surface area (Å²) in [5, 5.41) is 0. The molecule has 0 heterocycles. The molecule has 5 heteroatoms. The number of hydrogen-bond acceptors (Lipinski definition) is 5. The highest BCUT2D eigenvalue weighted by Gasteiger charge is 2.11. The number of carbonyl (C=O) groups excluding carboxylic acids is 1. The maximum absolute atomic E-state index is 11.6. The van der Waals surface area contributed by atoms with Crippen molar-refractivity contribution in [1.82, 2.24) is 0 Å². The predicted molar refractivity (Wildman–Crippen MR) is 80.9 cm³/mol. The Balaban J connectivity index is 2.98. The van der Waals surface area contributed by atoms with Crippen LogP contribution in [0, 0.1) is 5.92 Å². The fourth-order valence-electron chi connectivity index (χ4n) is 1.65. The highest BCUT2D eigenvalue weighted by Crippen LogP contribution is 2.34. The largest absolute Gasteiger partial charge is 0.496 e. The van der Waals surface area contributed by atoms with E-state index in [9.17, 15) is 4.79 Å². The fourth-order valence-corrected chi connectivity index (χ4v) is 1.65. The number of ether oxygens (including phenoxy) is 4. The predicted octanol–water partition coefficient (Wildman–Crippen LogP) is 2.92. The lowest BCUT2D eigenvalue weighted by Gasteiger charge is -2.12. The third-order valence-electron chi connectivity index (χ3n) is 2.70. The molecule has 116 valence electrons. The van der Waals surface area contributed by atoms with E-state index < -0.39 is 5.97 Å². The van der Waals surface area contributed by atoms with Crippen LogP contribution in [0.5, 0.6) is 17.2 Å². The van der Waals surface area contributed by atoms with Crippen LogP contribution in [0.2, 0.25) is 0 Å². The van der Waals surface area contributed by atoms with Crippen molar-refractivity contribution in [3.05, 3.63) is 23.8 Å². The van der Waals surface area contributed by atoms with E-state index in [-0.39, 0.29) is 0 Å². The first-order chi connectivity index (χ1) is 10.0. The molecule has 0 spiro atoms. The lowest BCUT2D eigenvalue weighted by Crippen LogP contribution is -2.07. The van der Waals surface area contributed by atoms with E-state index in [1.54, 1.807) is 39.5 Å². The molecule has 1 aromatic rings. The van der Waals surface area contributed by atoms with E-state index in [4.69, 9.17) is 18.9 Å². The molecule has 0 atom stereocenters. The summed E-state index contributed by atoms with van der Waals surface area (Å²) in [4.78, 5) is 11.6. The zero-order valence-electron chi connectivity index (χ0n) is 13.1. The second-order valence-corrected chi connectivity index (χ2v) is 4.80. The summed E-state index contributed by atoms with van der Waals surface area (Å²) in [5.74, 6) is 1.62. The molecule has 0 amide bonds. The third-order valence-corrected chi connectivity index (χ3v) is 2.70. The van der Waals surface area contributed by atoms with Gasteiger partial charge in [0.05, 0.1) is 33.5 Å². The van der Waals surface area contributed by atoms with Gasteiger partial charge in [0, 0.05) is 18.2 Å². The Kier molecular flexibility index (Phi) is 6.59. The molecule has 0 aromatic heterocycles. The fraction of sp³-hybridized carbons (Fsp3) is 0.438. The van der Waals surface area contributed by atoms with Gasteiger partial charge in [0.15, 0.2) is 0 Å². The summed E-state index contributed by atoms with van der Waals surface area (Å²) < 4.78 is 20.8. The van der Waals surface area contributed by atoms with Crippen molar-refractivity contribution in [3.63, 3.8) is 0 Å². The average molecular weight is 294 g/mol. The van der Waals surface area contributed by atoms with Crippen molar-refractivity contribution >= 4 is 12.0 Å². The van der Waals surface area contributed by atoms with Crippen molar-refractivity contribution < 1.29 is 23.7 Å². The van der Waals surface area contributed by atoms with Crippen molar-refractivity contribution in [2.45, 2.75) is 13.8 Å². The minimum atomic E-state index is -0.399. The number of hydrogen-bond donors (Lipinski definition) is 0. The normalized spacial score (nSPS) is 10.8. The first-order valence-electron chi connectivity index (χ1n) is 6.66. The van der Waals surface area contributed by atoms with Crippen LogP contribution < -0.4 is 14.2 Å². The molecule has 0 bridgehead atoms. The number of benzene rings is 1. The molecule has 0 radical (unpaired) electrons. The number of esters is 1. The van der Waals surface area contributed by atoms with Crippen LogP contribution in [0.1, 0.15) is 19.4 Å². The van der Waals surface area contributed by atoms with Crippen LogP contribution in [0.4, 0.5) is 0 Å². The molecule has 0 fully saturated rings. The molecule has 1 rings (SSSR count). The second-order valence-electron chi connectivity index (χ2n) is 4.80. The van der Waals surface area contributed by atoms with E-state index >= 15 is 0 Å². The Bertz CT molecular complexity index is 480. The first kappa shape index (κ1) is 16.9. The Morgan fingerprint density at radius 2 is 1.67 bits per heavy atom. The van der Waals surface area contributed by atoms with Gasteiger partial charge < -0.3 is 18.9 Å². The molecule has 0 N–H and O–H groups in total. The number of methoxy groups -OCH3 is 3. The molecule has 0 aliphatic carbocycles. The summed E-state index contributed by atoms with van der Waals surface area (Å²) in [5.41, 5.74) is 0.655. The summed E-state index contributed by atoms with van der Waals surface area (Å²) in [6.45, 7) is 4.35. The van der Waals surface area contributed by atoms with Gasteiger partial charge in [-0.25, -0.2) is 4.79 Å². The van der Waals surface area contributed by atoms with Gasteiger partial charge in [-0.2, -0.15) is 0 Å². The van der Waals surface area contributed by atoms with Gasteiger partial charge in [0.2, 0.25) is 0 Å². The minimum Gasteiger partial charge on any atom is -0.496 e. The quantitative estimate of drug-likeness (QED) is 0.571. The van der Waals surface area contributed by atoms with Gasteiger partial charge >= 0.3 is 5.97 Å². The van der Waals surface area contributed by atoms with E-state index in [0.29, 0.717) is 35.3 Å². The molecule has 0 aliphatic rings. The van der Waals surface area contributed by atoms with Crippen LogP contribution in [-0.4, -0.2) is 33.9 Å². The van der Waals surface area contributed by atoms with Gasteiger partial charge in [-0.3, -0.25) is 0 Å². The van der Waals surface area contributed by atoms with Crippen LogP contribution >= 0.6 is 0 Å².